The predicted octanol–water partition coefficient (Wildman–Crippen LogP) is 4.77. The molecule has 0 radical (unpaired) electrons. The topological polar surface area (TPSA) is 73.9 Å². The molecule has 5 nitrogen and oxygen atoms in total. The first kappa shape index (κ1) is 16.0. The summed E-state index contributed by atoms with van der Waals surface area (Å²) in [7, 11) is 1.65. The first-order chi connectivity index (χ1) is 12.2. The first-order valence-corrected chi connectivity index (χ1v) is 9.13. The number of benzene rings is 1. The van der Waals surface area contributed by atoms with E-state index in [1.807, 2.05) is 35.7 Å². The van der Waals surface area contributed by atoms with Gasteiger partial charge in [-0.3, -0.25) is 0 Å². The molecule has 3 heterocycles. The van der Waals surface area contributed by atoms with Crippen LogP contribution in [0.2, 0.25) is 0 Å². The molecule has 0 fully saturated rings. The van der Waals surface area contributed by atoms with Gasteiger partial charge >= 0.3 is 0 Å². The Morgan fingerprint density at radius 3 is 2.60 bits per heavy atom. The van der Waals surface area contributed by atoms with Gasteiger partial charge in [-0.2, -0.15) is 0 Å². The third-order valence-electron chi connectivity index (χ3n) is 3.85. The number of rotatable bonds is 3. The van der Waals surface area contributed by atoms with Gasteiger partial charge in [0.15, 0.2) is 5.65 Å². The molecule has 0 aliphatic heterocycles. The second kappa shape index (κ2) is 6.42. The Hall–Kier alpha value is -2.51. The van der Waals surface area contributed by atoms with Gasteiger partial charge in [-0.1, -0.05) is 0 Å². The standard InChI is InChI=1S/C18H13BrN4OS/c1-24-12-4-2-10(3-5-12)14-7-13(15-6-11(19)8-25-15)16-17(20)21-9-22-18(16)23-14/h2-9H,1H3,(H2,20,21,22,23). The van der Waals surface area contributed by atoms with Gasteiger partial charge < -0.3 is 10.5 Å². The Bertz CT molecular complexity index is 1060. The number of halogens is 1. The number of methoxy groups -OCH3 is 1. The fourth-order valence-electron chi connectivity index (χ4n) is 2.65. The molecule has 0 amide bonds. The Kier molecular flexibility index (Phi) is 4.10. The van der Waals surface area contributed by atoms with E-state index in [4.69, 9.17) is 10.5 Å². The van der Waals surface area contributed by atoms with Gasteiger partial charge in [-0.05, 0) is 52.3 Å². The second-order valence-corrected chi connectivity index (χ2v) is 7.20. The Balaban J connectivity index is 1.97. The number of hydrogen-bond donors (Lipinski definition) is 1. The number of hydrogen-bond acceptors (Lipinski definition) is 6. The SMILES string of the molecule is COc1ccc(-c2cc(-c3cc(Br)cs3)c3c(N)ncnc3n2)cc1. The summed E-state index contributed by atoms with van der Waals surface area (Å²) in [4.78, 5) is 14.2. The van der Waals surface area contributed by atoms with E-state index < -0.39 is 0 Å². The predicted molar refractivity (Wildman–Crippen MR) is 105 cm³/mol. The zero-order valence-corrected chi connectivity index (χ0v) is 15.6. The number of fused-ring (bicyclic) bond motifs is 1. The van der Waals surface area contributed by atoms with Crippen LogP contribution in [0.1, 0.15) is 0 Å². The summed E-state index contributed by atoms with van der Waals surface area (Å²) < 4.78 is 6.25. The van der Waals surface area contributed by atoms with Gasteiger partial charge in [0, 0.05) is 25.9 Å². The summed E-state index contributed by atoms with van der Waals surface area (Å²) in [5.74, 6) is 1.23. The van der Waals surface area contributed by atoms with Crippen LogP contribution in [0.4, 0.5) is 5.82 Å². The molecule has 4 rings (SSSR count). The van der Waals surface area contributed by atoms with Crippen molar-refractivity contribution in [3.8, 4) is 27.4 Å². The quantitative estimate of drug-likeness (QED) is 0.524. The molecule has 0 aliphatic rings. The van der Waals surface area contributed by atoms with E-state index in [9.17, 15) is 0 Å². The number of pyridine rings is 1. The largest absolute Gasteiger partial charge is 0.497 e. The van der Waals surface area contributed by atoms with Crippen LogP contribution in [0, 0.1) is 0 Å². The highest BCUT2D eigenvalue weighted by molar-refractivity contribution is 9.10. The fourth-order valence-corrected chi connectivity index (χ4v) is 4.10. The van der Waals surface area contributed by atoms with Crippen molar-refractivity contribution < 1.29 is 4.74 Å². The smallest absolute Gasteiger partial charge is 0.165 e. The maximum Gasteiger partial charge on any atom is 0.165 e. The molecule has 0 unspecified atom stereocenters. The van der Waals surface area contributed by atoms with Crippen molar-refractivity contribution in [2.45, 2.75) is 0 Å². The zero-order valence-electron chi connectivity index (χ0n) is 13.2. The van der Waals surface area contributed by atoms with Crippen LogP contribution in [-0.4, -0.2) is 22.1 Å². The van der Waals surface area contributed by atoms with E-state index in [0.717, 1.165) is 37.3 Å². The molecule has 124 valence electrons. The lowest BCUT2D eigenvalue weighted by Gasteiger charge is -2.10. The van der Waals surface area contributed by atoms with Gasteiger partial charge in [0.1, 0.15) is 17.9 Å². The molecular formula is C18H13BrN4OS. The molecule has 1 aromatic carbocycles. The summed E-state index contributed by atoms with van der Waals surface area (Å²) in [5, 5.41) is 2.81. The third-order valence-corrected chi connectivity index (χ3v) is 5.58. The number of aromatic nitrogens is 3. The second-order valence-electron chi connectivity index (χ2n) is 5.37. The zero-order chi connectivity index (χ0) is 17.4. The van der Waals surface area contributed by atoms with Crippen molar-refractivity contribution in [2.24, 2.45) is 0 Å². The number of nitrogens with zero attached hydrogens (tertiary/aromatic N) is 3. The molecule has 2 N–H and O–H groups in total. The minimum absolute atomic E-state index is 0.429. The average molecular weight is 413 g/mol. The molecule has 0 aliphatic carbocycles. The van der Waals surface area contributed by atoms with Crippen LogP contribution < -0.4 is 10.5 Å². The Morgan fingerprint density at radius 2 is 1.92 bits per heavy atom. The lowest BCUT2D eigenvalue weighted by molar-refractivity contribution is 0.415. The molecule has 0 bridgehead atoms. The van der Waals surface area contributed by atoms with Crippen LogP contribution in [0.5, 0.6) is 5.75 Å². The van der Waals surface area contributed by atoms with Crippen molar-refractivity contribution >= 4 is 44.1 Å². The minimum atomic E-state index is 0.429. The summed E-state index contributed by atoms with van der Waals surface area (Å²) >= 11 is 5.14. The van der Waals surface area contributed by atoms with E-state index in [1.165, 1.54) is 6.33 Å². The average Bonchev–Trinajstić information content (AvgIpc) is 3.07. The van der Waals surface area contributed by atoms with Gasteiger partial charge in [0.2, 0.25) is 0 Å². The van der Waals surface area contributed by atoms with Crippen LogP contribution in [-0.2, 0) is 0 Å². The van der Waals surface area contributed by atoms with Crippen LogP contribution in [0.15, 0.2) is 52.6 Å². The number of nitrogen functional groups attached to an aromatic ring is 1. The van der Waals surface area contributed by atoms with Gasteiger partial charge in [-0.15, -0.1) is 11.3 Å². The number of ether oxygens (including phenoxy) is 1. The van der Waals surface area contributed by atoms with E-state index in [1.54, 1.807) is 18.4 Å². The van der Waals surface area contributed by atoms with Gasteiger partial charge in [0.05, 0.1) is 18.2 Å². The molecule has 0 saturated carbocycles. The van der Waals surface area contributed by atoms with Crippen molar-refractivity contribution in [1.82, 2.24) is 15.0 Å². The highest BCUT2D eigenvalue weighted by Crippen LogP contribution is 2.38. The highest BCUT2D eigenvalue weighted by Gasteiger charge is 2.15. The lowest BCUT2D eigenvalue weighted by atomic mass is 10.0. The van der Waals surface area contributed by atoms with Gasteiger partial charge in [0.25, 0.3) is 0 Å². The summed E-state index contributed by atoms with van der Waals surface area (Å²) in [6.07, 6.45) is 1.44. The lowest BCUT2D eigenvalue weighted by Crippen LogP contribution is -1.98. The van der Waals surface area contributed by atoms with E-state index in [2.05, 4.69) is 36.9 Å². The third kappa shape index (κ3) is 2.96. The monoisotopic (exact) mass is 412 g/mol. The molecule has 3 aromatic heterocycles. The first-order valence-electron chi connectivity index (χ1n) is 7.46. The highest BCUT2D eigenvalue weighted by atomic mass is 79.9. The number of nitrogens with two attached hydrogens (primary N) is 1. The molecule has 0 atom stereocenters. The van der Waals surface area contributed by atoms with Gasteiger partial charge in [-0.25, -0.2) is 15.0 Å². The normalized spacial score (nSPS) is 11.0. The number of anilines is 1. The van der Waals surface area contributed by atoms with E-state index >= 15 is 0 Å². The van der Waals surface area contributed by atoms with Crippen molar-refractivity contribution in [1.29, 1.82) is 0 Å². The summed E-state index contributed by atoms with van der Waals surface area (Å²) in [6.45, 7) is 0. The molecule has 0 spiro atoms. The van der Waals surface area contributed by atoms with Crippen LogP contribution in [0.25, 0.3) is 32.7 Å². The van der Waals surface area contributed by atoms with Crippen molar-refractivity contribution in [3.63, 3.8) is 0 Å². The fraction of sp³-hybridized carbons (Fsp3) is 0.0556. The van der Waals surface area contributed by atoms with Crippen molar-refractivity contribution in [3.05, 3.63) is 52.6 Å². The maximum atomic E-state index is 6.11. The summed E-state index contributed by atoms with van der Waals surface area (Å²) in [5.41, 5.74) is 9.48. The Labute approximate surface area is 156 Å². The van der Waals surface area contributed by atoms with Crippen molar-refractivity contribution in [2.75, 3.05) is 12.8 Å². The summed E-state index contributed by atoms with van der Waals surface area (Å²) in [6, 6.07) is 11.9. The maximum absolute atomic E-state index is 6.11. The molecule has 0 saturated heterocycles. The number of thiophene rings is 1. The van der Waals surface area contributed by atoms with Crippen LogP contribution in [0.3, 0.4) is 0 Å². The molecule has 4 aromatic rings. The molecule has 25 heavy (non-hydrogen) atoms. The Morgan fingerprint density at radius 1 is 1.12 bits per heavy atom. The van der Waals surface area contributed by atoms with E-state index in [-0.39, 0.29) is 0 Å². The molecule has 7 heteroatoms. The molecular weight excluding hydrogens is 400 g/mol. The van der Waals surface area contributed by atoms with E-state index in [0.29, 0.717) is 11.5 Å². The minimum Gasteiger partial charge on any atom is -0.497 e. The van der Waals surface area contributed by atoms with Crippen LogP contribution >= 0.6 is 27.3 Å².